The fourth-order valence-electron chi connectivity index (χ4n) is 3.42. The lowest BCUT2D eigenvalue weighted by molar-refractivity contribution is 0.156. The van der Waals surface area contributed by atoms with Gasteiger partial charge in [0.05, 0.1) is 11.4 Å². The van der Waals surface area contributed by atoms with E-state index in [9.17, 15) is 18.1 Å². The van der Waals surface area contributed by atoms with Crippen LogP contribution in [-0.2, 0) is 10.1 Å². The second-order valence-corrected chi connectivity index (χ2v) is 9.50. The van der Waals surface area contributed by atoms with Gasteiger partial charge in [0.2, 0.25) is 0 Å². The summed E-state index contributed by atoms with van der Waals surface area (Å²) >= 11 is 0. The lowest BCUT2D eigenvalue weighted by Gasteiger charge is -2.13. The van der Waals surface area contributed by atoms with Gasteiger partial charge in [-0.3, -0.25) is 4.55 Å². The predicted octanol–water partition coefficient (Wildman–Crippen LogP) is 6.28. The van der Waals surface area contributed by atoms with Crippen LogP contribution in [0.25, 0.3) is 0 Å². The highest BCUT2D eigenvalue weighted by Gasteiger charge is 2.21. The van der Waals surface area contributed by atoms with Gasteiger partial charge in [-0.15, -0.1) is 0 Å². The molecule has 0 fully saturated rings. The summed E-state index contributed by atoms with van der Waals surface area (Å²) in [4.78, 5) is 0. The Hall–Kier alpha value is -0.130. The van der Waals surface area contributed by atoms with Crippen molar-refractivity contribution in [3.63, 3.8) is 0 Å². The topological polar surface area (TPSA) is 74.6 Å². The van der Waals surface area contributed by atoms with Gasteiger partial charge in [-0.1, -0.05) is 97.3 Å². The Morgan fingerprint density at radius 3 is 1.42 bits per heavy atom. The van der Waals surface area contributed by atoms with Crippen LogP contribution in [0.4, 0.5) is 0 Å². The first kappa shape index (κ1) is 25.9. The molecule has 2 N–H and O–H groups in total. The minimum atomic E-state index is -3.87. The summed E-state index contributed by atoms with van der Waals surface area (Å²) in [6.07, 6.45) is 17.9. The Balaban J connectivity index is 3.42. The van der Waals surface area contributed by atoms with E-state index >= 15 is 0 Å². The molecule has 2 unspecified atom stereocenters. The standard InChI is InChI=1S/C21H44O4S/c1-3-5-18-21(26(23,24)25)19-16-14-12-10-8-6-7-9-11-13-15-17-20(22)4-2/h20-22H,3-19H2,1-2H3,(H,23,24,25). The first-order valence-corrected chi connectivity index (χ1v) is 12.6. The largest absolute Gasteiger partial charge is 0.393 e. The van der Waals surface area contributed by atoms with E-state index in [1.54, 1.807) is 0 Å². The van der Waals surface area contributed by atoms with Crippen molar-refractivity contribution >= 4 is 10.1 Å². The molecule has 0 heterocycles. The van der Waals surface area contributed by atoms with Gasteiger partial charge in [0.25, 0.3) is 10.1 Å². The molecule has 0 aliphatic heterocycles. The summed E-state index contributed by atoms with van der Waals surface area (Å²) < 4.78 is 32.0. The van der Waals surface area contributed by atoms with E-state index < -0.39 is 15.4 Å². The fraction of sp³-hybridized carbons (Fsp3) is 1.00. The average Bonchev–Trinajstić information content (AvgIpc) is 2.60. The van der Waals surface area contributed by atoms with Crippen LogP contribution in [-0.4, -0.2) is 29.4 Å². The van der Waals surface area contributed by atoms with E-state index in [1.165, 1.54) is 51.4 Å². The van der Waals surface area contributed by atoms with Crippen LogP contribution in [0.3, 0.4) is 0 Å². The third kappa shape index (κ3) is 16.1. The molecule has 0 amide bonds. The molecule has 0 rings (SSSR count). The van der Waals surface area contributed by atoms with Gasteiger partial charge in [0.1, 0.15) is 0 Å². The zero-order valence-electron chi connectivity index (χ0n) is 17.3. The van der Waals surface area contributed by atoms with E-state index in [0.29, 0.717) is 12.8 Å². The molecule has 0 bridgehead atoms. The summed E-state index contributed by atoms with van der Waals surface area (Å²) in [5, 5.41) is 8.93. The maximum absolute atomic E-state index is 11.4. The highest BCUT2D eigenvalue weighted by Crippen LogP contribution is 2.18. The SMILES string of the molecule is CCCCC(CCCCCCCCCCCCCC(O)CC)S(=O)(=O)O. The first-order chi connectivity index (χ1) is 12.4. The maximum Gasteiger partial charge on any atom is 0.267 e. The predicted molar refractivity (Wildman–Crippen MR) is 111 cm³/mol. The molecule has 5 heteroatoms. The number of rotatable bonds is 19. The second-order valence-electron chi connectivity index (χ2n) is 7.81. The van der Waals surface area contributed by atoms with Crippen molar-refractivity contribution in [2.24, 2.45) is 0 Å². The van der Waals surface area contributed by atoms with Crippen LogP contribution in [0, 0.1) is 0 Å². The van der Waals surface area contributed by atoms with Crippen LogP contribution in [0.5, 0.6) is 0 Å². The van der Waals surface area contributed by atoms with Gasteiger partial charge < -0.3 is 5.11 Å². The minimum Gasteiger partial charge on any atom is -0.393 e. The van der Waals surface area contributed by atoms with Crippen LogP contribution < -0.4 is 0 Å². The summed E-state index contributed by atoms with van der Waals surface area (Å²) in [6.45, 7) is 4.07. The molecule has 2 atom stereocenters. The number of aliphatic hydroxyl groups excluding tert-OH is 1. The monoisotopic (exact) mass is 392 g/mol. The van der Waals surface area contributed by atoms with E-state index in [4.69, 9.17) is 0 Å². The molecule has 0 saturated heterocycles. The number of hydrogen-bond acceptors (Lipinski definition) is 3. The summed E-state index contributed by atoms with van der Waals surface area (Å²) in [5.41, 5.74) is 0. The molecule has 0 aromatic heterocycles. The van der Waals surface area contributed by atoms with Crippen LogP contribution in [0.1, 0.15) is 123 Å². The van der Waals surface area contributed by atoms with Crippen molar-refractivity contribution in [3.05, 3.63) is 0 Å². The Morgan fingerprint density at radius 1 is 0.654 bits per heavy atom. The van der Waals surface area contributed by atoms with Gasteiger partial charge in [-0.25, -0.2) is 0 Å². The second kappa shape index (κ2) is 17.0. The molecule has 0 aromatic rings. The van der Waals surface area contributed by atoms with Crippen molar-refractivity contribution in [1.29, 1.82) is 0 Å². The minimum absolute atomic E-state index is 0.102. The quantitative estimate of drug-likeness (QED) is 0.200. The lowest BCUT2D eigenvalue weighted by Crippen LogP contribution is -2.20. The van der Waals surface area contributed by atoms with E-state index in [2.05, 4.69) is 0 Å². The summed E-state index contributed by atoms with van der Waals surface area (Å²) in [5.74, 6) is 0. The normalized spacial score (nSPS) is 14.5. The lowest BCUT2D eigenvalue weighted by atomic mass is 10.0. The smallest absolute Gasteiger partial charge is 0.267 e. The number of aliphatic hydroxyl groups is 1. The van der Waals surface area contributed by atoms with Crippen molar-refractivity contribution in [2.75, 3.05) is 0 Å². The molecule has 0 aliphatic rings. The third-order valence-corrected chi connectivity index (χ3v) is 6.65. The first-order valence-electron chi connectivity index (χ1n) is 11.1. The number of unbranched alkanes of at least 4 members (excludes halogenated alkanes) is 11. The van der Waals surface area contributed by atoms with Crippen LogP contribution >= 0.6 is 0 Å². The Morgan fingerprint density at radius 2 is 1.04 bits per heavy atom. The Bertz CT molecular complexity index is 395. The molecule has 0 spiro atoms. The van der Waals surface area contributed by atoms with Crippen molar-refractivity contribution < 1.29 is 18.1 Å². The fourth-order valence-corrected chi connectivity index (χ4v) is 4.35. The van der Waals surface area contributed by atoms with Gasteiger partial charge in [-0.2, -0.15) is 8.42 Å². The molecule has 4 nitrogen and oxygen atoms in total. The van der Waals surface area contributed by atoms with Gasteiger partial charge in [0, 0.05) is 0 Å². The van der Waals surface area contributed by atoms with Crippen LogP contribution in [0.2, 0.25) is 0 Å². The van der Waals surface area contributed by atoms with Crippen molar-refractivity contribution in [3.8, 4) is 0 Å². The van der Waals surface area contributed by atoms with Gasteiger partial charge in [0.15, 0.2) is 0 Å². The van der Waals surface area contributed by atoms with Gasteiger partial charge in [-0.05, 0) is 25.7 Å². The summed E-state index contributed by atoms with van der Waals surface area (Å²) in [7, 11) is -3.87. The molecule has 26 heavy (non-hydrogen) atoms. The van der Waals surface area contributed by atoms with Crippen molar-refractivity contribution in [2.45, 2.75) is 134 Å². The molecular weight excluding hydrogens is 348 g/mol. The van der Waals surface area contributed by atoms with E-state index in [1.807, 2.05) is 13.8 Å². The zero-order valence-corrected chi connectivity index (χ0v) is 18.1. The molecule has 0 radical (unpaired) electrons. The Labute approximate surface area is 162 Å². The molecule has 158 valence electrons. The van der Waals surface area contributed by atoms with Crippen molar-refractivity contribution in [1.82, 2.24) is 0 Å². The Kier molecular flexibility index (Phi) is 16.9. The van der Waals surface area contributed by atoms with Crippen LogP contribution in [0.15, 0.2) is 0 Å². The van der Waals surface area contributed by atoms with Gasteiger partial charge >= 0.3 is 0 Å². The van der Waals surface area contributed by atoms with E-state index in [-0.39, 0.29) is 6.10 Å². The molecule has 0 aromatic carbocycles. The highest BCUT2D eigenvalue weighted by molar-refractivity contribution is 7.86. The highest BCUT2D eigenvalue weighted by atomic mass is 32.2. The summed E-state index contributed by atoms with van der Waals surface area (Å²) in [6, 6.07) is 0. The maximum atomic E-state index is 11.4. The molecule has 0 aliphatic carbocycles. The third-order valence-electron chi connectivity index (χ3n) is 5.34. The molecular formula is C21H44O4S. The van der Waals surface area contributed by atoms with E-state index in [0.717, 1.165) is 44.9 Å². The number of hydrogen-bond donors (Lipinski definition) is 2. The molecule has 0 saturated carbocycles. The zero-order chi connectivity index (χ0) is 19.7. The average molecular weight is 393 g/mol.